The van der Waals surface area contributed by atoms with Crippen LogP contribution in [0.4, 0.5) is 9.59 Å². The monoisotopic (exact) mass is 760 g/mol. The van der Waals surface area contributed by atoms with Crippen LogP contribution < -0.4 is 10.6 Å². The van der Waals surface area contributed by atoms with Gasteiger partial charge in [0.15, 0.2) is 0 Å². The molecule has 290 valence electrons. The van der Waals surface area contributed by atoms with Gasteiger partial charge >= 0.3 is 12.2 Å². The number of ether oxygens (including phenoxy) is 2. The summed E-state index contributed by atoms with van der Waals surface area (Å²) >= 11 is 0. The lowest BCUT2D eigenvalue weighted by Gasteiger charge is -2.30. The number of nitrogens with one attached hydrogen (secondary N) is 4. The maximum absolute atomic E-state index is 13.6. The first-order valence-corrected chi connectivity index (χ1v) is 18.8. The number of carbonyl (C=O) groups excluding carboxylic acids is 4. The number of benzene rings is 2. The summed E-state index contributed by atoms with van der Waals surface area (Å²) < 4.78 is 11.4. The van der Waals surface area contributed by atoms with Crippen LogP contribution in [0.3, 0.4) is 0 Å². The van der Waals surface area contributed by atoms with Crippen molar-refractivity contribution in [3.8, 4) is 22.5 Å². The number of amides is 4. The summed E-state index contributed by atoms with van der Waals surface area (Å²) in [6.45, 7) is 4.84. The van der Waals surface area contributed by atoms with Crippen LogP contribution in [0.15, 0.2) is 61.2 Å². The van der Waals surface area contributed by atoms with Crippen molar-refractivity contribution < 1.29 is 28.7 Å². The number of methoxy groups -OCH3 is 2. The van der Waals surface area contributed by atoms with Gasteiger partial charge in [-0.2, -0.15) is 0 Å². The number of imidazole rings is 2. The second-order valence-corrected chi connectivity index (χ2v) is 14.7. The number of alkyl carbamates (subject to hydrolysis) is 2. The summed E-state index contributed by atoms with van der Waals surface area (Å²) in [6, 6.07) is 13.4. The van der Waals surface area contributed by atoms with Gasteiger partial charge in [-0.3, -0.25) is 14.0 Å². The molecule has 4 amide bonds. The molecule has 16 heteroatoms. The number of likely N-dealkylation sites (tertiary alicyclic amines) is 2. The van der Waals surface area contributed by atoms with Gasteiger partial charge in [0.25, 0.3) is 0 Å². The molecule has 4 aromatic heterocycles. The fourth-order valence-electron chi connectivity index (χ4n) is 8.05. The second-order valence-electron chi connectivity index (χ2n) is 14.7. The van der Waals surface area contributed by atoms with Gasteiger partial charge in [-0.1, -0.05) is 32.0 Å². The van der Waals surface area contributed by atoms with E-state index in [0.29, 0.717) is 24.7 Å². The van der Waals surface area contributed by atoms with Crippen molar-refractivity contribution in [3.63, 3.8) is 0 Å². The smallest absolute Gasteiger partial charge is 0.407 e. The predicted octanol–water partition coefficient (Wildman–Crippen LogP) is 5.48. The third kappa shape index (κ3) is 6.75. The Balaban J connectivity index is 1.02. The standard InChI is InChI=1S/C40H44N10O6/c1-22(2)35(47-40(54)56-4)38(52)49-14-6-8-32(49)37-42-18-28(45-37)23-10-12-30-25(15-23)17-33-26-11-9-24(16-27(26)44-21-50(30)33)29-19-41-36(46-29)31-7-5-13-48(31)34(51)20-43-39(53)55-3/h9-12,15-19,21-22,31-32,35H,5-8,13-14,20H2,1-4H3,(H,41,46)(H,42,45)(H,43,53)(H,47,54)/t31-,32-,35?/m0/s1. The van der Waals surface area contributed by atoms with Crippen molar-refractivity contribution >= 4 is 51.3 Å². The number of fused-ring (bicyclic) bond motifs is 5. The predicted molar refractivity (Wildman–Crippen MR) is 207 cm³/mol. The van der Waals surface area contributed by atoms with Crippen LogP contribution >= 0.6 is 0 Å². The van der Waals surface area contributed by atoms with E-state index in [-0.39, 0.29) is 36.4 Å². The van der Waals surface area contributed by atoms with Crippen LogP contribution in [-0.2, 0) is 19.1 Å². The molecule has 1 unspecified atom stereocenters. The van der Waals surface area contributed by atoms with Gasteiger partial charge in [0.1, 0.15) is 30.6 Å². The number of hydrogen-bond acceptors (Lipinski definition) is 9. The minimum atomic E-state index is -0.698. The van der Waals surface area contributed by atoms with Gasteiger partial charge in [0.05, 0.1) is 66.6 Å². The van der Waals surface area contributed by atoms with E-state index in [4.69, 9.17) is 14.7 Å². The van der Waals surface area contributed by atoms with Crippen LogP contribution in [0.5, 0.6) is 0 Å². The largest absolute Gasteiger partial charge is 0.453 e. The average Bonchev–Trinajstić information content (AvgIpc) is 4.06. The summed E-state index contributed by atoms with van der Waals surface area (Å²) in [5.74, 6) is 0.967. The van der Waals surface area contributed by atoms with Crippen LogP contribution in [0.2, 0.25) is 0 Å². The molecule has 6 heterocycles. The Labute approximate surface area is 322 Å². The van der Waals surface area contributed by atoms with Crippen molar-refractivity contribution in [1.29, 1.82) is 0 Å². The van der Waals surface area contributed by atoms with Crippen molar-refractivity contribution in [2.45, 2.75) is 57.7 Å². The molecule has 2 aromatic carbocycles. The number of carbonyl (C=O) groups is 4. The van der Waals surface area contributed by atoms with Gasteiger partial charge in [0, 0.05) is 35.0 Å². The van der Waals surface area contributed by atoms with Gasteiger partial charge in [-0.15, -0.1) is 0 Å². The third-order valence-electron chi connectivity index (χ3n) is 10.9. The highest BCUT2D eigenvalue weighted by Gasteiger charge is 2.37. The highest BCUT2D eigenvalue weighted by atomic mass is 16.5. The molecule has 0 bridgehead atoms. The van der Waals surface area contributed by atoms with Crippen LogP contribution in [0.25, 0.3) is 49.8 Å². The fourth-order valence-corrected chi connectivity index (χ4v) is 8.05. The van der Waals surface area contributed by atoms with Crippen LogP contribution in [0, 0.1) is 5.92 Å². The molecule has 16 nitrogen and oxygen atoms in total. The molecule has 2 fully saturated rings. The zero-order chi connectivity index (χ0) is 39.1. The summed E-state index contributed by atoms with van der Waals surface area (Å²) in [4.78, 5) is 74.6. The summed E-state index contributed by atoms with van der Waals surface area (Å²) in [6.07, 6.45) is 7.38. The molecule has 0 radical (unpaired) electrons. The Morgan fingerprint density at radius 3 is 2.12 bits per heavy atom. The van der Waals surface area contributed by atoms with E-state index >= 15 is 0 Å². The number of H-pyrrole nitrogens is 2. The van der Waals surface area contributed by atoms with E-state index in [0.717, 1.165) is 75.5 Å². The quantitative estimate of drug-likeness (QED) is 0.148. The zero-order valence-corrected chi connectivity index (χ0v) is 31.7. The number of aromatic nitrogens is 6. The normalized spacial score (nSPS) is 17.6. The number of rotatable bonds is 9. The molecule has 2 saturated heterocycles. The molecule has 56 heavy (non-hydrogen) atoms. The van der Waals surface area contributed by atoms with Crippen LogP contribution in [0.1, 0.15) is 63.3 Å². The Hall–Kier alpha value is -6.45. The molecule has 0 aliphatic carbocycles. The summed E-state index contributed by atoms with van der Waals surface area (Å²) in [7, 11) is 2.55. The lowest BCUT2D eigenvalue weighted by atomic mass is 10.0. The highest BCUT2D eigenvalue weighted by Crippen LogP contribution is 2.36. The molecule has 2 aliphatic rings. The van der Waals surface area contributed by atoms with Gasteiger partial charge in [-0.05, 0) is 55.9 Å². The topological polar surface area (TPSA) is 192 Å². The van der Waals surface area contributed by atoms with Gasteiger partial charge in [0.2, 0.25) is 11.8 Å². The van der Waals surface area contributed by atoms with E-state index in [1.807, 2.05) is 43.4 Å². The molecular weight excluding hydrogens is 717 g/mol. The van der Waals surface area contributed by atoms with E-state index in [2.05, 4.69) is 65.1 Å². The number of aromatic amines is 2. The Kier molecular flexibility index (Phi) is 9.78. The van der Waals surface area contributed by atoms with Crippen molar-refractivity contribution in [2.24, 2.45) is 5.92 Å². The zero-order valence-electron chi connectivity index (χ0n) is 31.7. The Morgan fingerprint density at radius 2 is 1.45 bits per heavy atom. The highest BCUT2D eigenvalue weighted by molar-refractivity contribution is 6.02. The van der Waals surface area contributed by atoms with Gasteiger partial charge in [-0.25, -0.2) is 24.5 Å². The minimum absolute atomic E-state index is 0.114. The van der Waals surface area contributed by atoms with E-state index < -0.39 is 18.2 Å². The first kappa shape index (κ1) is 36.5. The van der Waals surface area contributed by atoms with E-state index in [9.17, 15) is 19.2 Å². The molecule has 6 aromatic rings. The molecule has 3 atom stereocenters. The van der Waals surface area contributed by atoms with E-state index in [1.54, 1.807) is 11.1 Å². The minimum Gasteiger partial charge on any atom is -0.453 e. The van der Waals surface area contributed by atoms with E-state index in [1.165, 1.54) is 14.2 Å². The first-order chi connectivity index (χ1) is 27.1. The Morgan fingerprint density at radius 1 is 0.804 bits per heavy atom. The summed E-state index contributed by atoms with van der Waals surface area (Å²) in [5.41, 5.74) is 6.42. The van der Waals surface area contributed by atoms with Gasteiger partial charge < -0.3 is 39.9 Å². The third-order valence-corrected chi connectivity index (χ3v) is 10.9. The Bertz CT molecular complexity index is 2470. The lowest BCUT2D eigenvalue weighted by Crippen LogP contribution is -2.51. The number of hydrogen-bond donors (Lipinski definition) is 4. The molecule has 0 spiro atoms. The molecule has 8 rings (SSSR count). The van der Waals surface area contributed by atoms with Crippen molar-refractivity contribution in [3.05, 3.63) is 72.8 Å². The lowest BCUT2D eigenvalue weighted by molar-refractivity contribution is -0.135. The second kappa shape index (κ2) is 15.0. The summed E-state index contributed by atoms with van der Waals surface area (Å²) in [5, 5.41) is 7.20. The average molecular weight is 761 g/mol. The molecule has 2 aliphatic heterocycles. The fraction of sp³-hybridized carbons (Fsp3) is 0.375. The van der Waals surface area contributed by atoms with Crippen molar-refractivity contribution in [1.82, 2.24) is 49.8 Å². The SMILES string of the molecule is COC(=O)NCC(=O)N1CCC[C@H]1c1ncc(-c2ccc3c(c2)ncn2c4ccc(-c5cnc([C@@H]6CCCN6C(=O)C(NC(=O)OC)C(C)C)[nH]5)cc4cc32)[nH]1. The number of nitrogens with zero attached hydrogens (tertiary/aromatic N) is 6. The molecular formula is C40H44N10O6. The van der Waals surface area contributed by atoms with Crippen molar-refractivity contribution in [2.75, 3.05) is 33.9 Å². The molecule has 4 N–H and O–H groups in total. The van der Waals surface area contributed by atoms with Crippen LogP contribution in [-0.4, -0.2) is 103 Å². The molecule has 0 saturated carbocycles. The maximum atomic E-state index is 13.6. The maximum Gasteiger partial charge on any atom is 0.407 e. The first-order valence-electron chi connectivity index (χ1n) is 18.8.